The molecule has 0 aromatic rings. The van der Waals surface area contributed by atoms with E-state index in [1.165, 1.54) is 25.7 Å². The fourth-order valence-corrected chi connectivity index (χ4v) is 5.22. The second-order valence-electron chi connectivity index (χ2n) is 7.28. The van der Waals surface area contributed by atoms with Gasteiger partial charge in [-0.25, -0.2) is 0 Å². The molecular weight excluding hydrogens is 192 g/mol. The number of hydrogen-bond acceptors (Lipinski definition) is 0. The van der Waals surface area contributed by atoms with Gasteiger partial charge in [0.2, 0.25) is 0 Å². The molecule has 0 amide bonds. The largest absolute Gasteiger partial charge is 0.0651 e. The first-order valence-corrected chi connectivity index (χ1v) is 7.39. The molecule has 0 aromatic carbocycles. The predicted octanol–water partition coefficient (Wildman–Crippen LogP) is 5.13. The van der Waals surface area contributed by atoms with E-state index >= 15 is 0 Å². The fraction of sp³-hybridized carbons (Fsp3) is 1.00. The van der Waals surface area contributed by atoms with E-state index in [1.807, 2.05) is 0 Å². The summed E-state index contributed by atoms with van der Waals surface area (Å²) in [6, 6.07) is 0. The minimum absolute atomic E-state index is 0.668. The molecule has 94 valence electrons. The molecule has 2 saturated carbocycles. The smallest absolute Gasteiger partial charge is 0.0235 e. The molecule has 6 atom stereocenters. The first-order chi connectivity index (χ1) is 7.39. The molecule has 2 aliphatic carbocycles. The molecule has 0 spiro atoms. The number of fused-ring (bicyclic) bond motifs is 1. The average molecular weight is 222 g/mol. The average Bonchev–Trinajstić information content (AvgIpc) is 2.76. The third-order valence-electron chi connectivity index (χ3n) is 6.60. The van der Waals surface area contributed by atoms with Gasteiger partial charge in [-0.2, -0.15) is 0 Å². The molecule has 6 unspecified atom stereocenters. The minimum Gasteiger partial charge on any atom is -0.0651 e. The summed E-state index contributed by atoms with van der Waals surface area (Å²) >= 11 is 0. The molecule has 0 bridgehead atoms. The summed E-state index contributed by atoms with van der Waals surface area (Å²) in [5.74, 6) is 3.79. The fourth-order valence-electron chi connectivity index (χ4n) is 5.22. The monoisotopic (exact) mass is 222 g/mol. The SMILES string of the molecule is CCC1C(C)C(C)CC2(C)CC2(C)C1CC. The summed E-state index contributed by atoms with van der Waals surface area (Å²) < 4.78 is 0. The normalized spacial score (nSPS) is 56.6. The van der Waals surface area contributed by atoms with Crippen LogP contribution in [-0.4, -0.2) is 0 Å². The molecule has 0 radical (unpaired) electrons. The van der Waals surface area contributed by atoms with Crippen LogP contribution >= 0.6 is 0 Å². The van der Waals surface area contributed by atoms with E-state index in [1.54, 1.807) is 0 Å². The number of rotatable bonds is 2. The summed E-state index contributed by atoms with van der Waals surface area (Å²) in [6.07, 6.45) is 5.74. The maximum Gasteiger partial charge on any atom is -0.0235 e. The van der Waals surface area contributed by atoms with Crippen LogP contribution in [0.5, 0.6) is 0 Å². The van der Waals surface area contributed by atoms with Crippen molar-refractivity contribution in [3.8, 4) is 0 Å². The van der Waals surface area contributed by atoms with Gasteiger partial charge < -0.3 is 0 Å². The van der Waals surface area contributed by atoms with Gasteiger partial charge in [0.1, 0.15) is 0 Å². The molecule has 0 heterocycles. The first-order valence-electron chi connectivity index (χ1n) is 7.39. The highest BCUT2D eigenvalue weighted by molar-refractivity contribution is 5.15. The van der Waals surface area contributed by atoms with Crippen molar-refractivity contribution in [2.45, 2.75) is 67.2 Å². The lowest BCUT2D eigenvalue weighted by atomic mass is 9.70. The van der Waals surface area contributed by atoms with Crippen molar-refractivity contribution in [2.24, 2.45) is 34.5 Å². The molecule has 0 aromatic heterocycles. The maximum atomic E-state index is 2.58. The molecule has 0 aliphatic heterocycles. The Morgan fingerprint density at radius 1 is 1.06 bits per heavy atom. The summed E-state index contributed by atoms with van der Waals surface area (Å²) in [5.41, 5.74) is 1.34. The number of hydrogen-bond donors (Lipinski definition) is 0. The van der Waals surface area contributed by atoms with E-state index in [0.29, 0.717) is 10.8 Å². The van der Waals surface area contributed by atoms with Gasteiger partial charge in [0.25, 0.3) is 0 Å². The van der Waals surface area contributed by atoms with Gasteiger partial charge in [0.15, 0.2) is 0 Å². The van der Waals surface area contributed by atoms with E-state index < -0.39 is 0 Å². The third-order valence-corrected chi connectivity index (χ3v) is 6.60. The zero-order chi connectivity index (χ0) is 12.1. The Bertz CT molecular complexity index is 269. The third kappa shape index (κ3) is 1.48. The molecular formula is C16H30. The second kappa shape index (κ2) is 3.75. The first kappa shape index (κ1) is 12.5. The highest BCUT2D eigenvalue weighted by Crippen LogP contribution is 2.74. The van der Waals surface area contributed by atoms with Crippen LogP contribution in [0.25, 0.3) is 0 Å². The standard InChI is InChI=1S/C16H30/c1-7-13-12(4)11(3)9-15(5)10-16(15,6)14(13)8-2/h11-14H,7-10H2,1-6H3. The van der Waals surface area contributed by atoms with Crippen LogP contribution in [0.3, 0.4) is 0 Å². The van der Waals surface area contributed by atoms with Crippen molar-refractivity contribution in [3.05, 3.63) is 0 Å². The Morgan fingerprint density at radius 3 is 2.19 bits per heavy atom. The lowest BCUT2D eigenvalue weighted by molar-refractivity contribution is 0.136. The second-order valence-corrected chi connectivity index (χ2v) is 7.28. The summed E-state index contributed by atoms with van der Waals surface area (Å²) in [4.78, 5) is 0. The Morgan fingerprint density at radius 2 is 1.69 bits per heavy atom. The quantitative estimate of drug-likeness (QED) is 0.607. The van der Waals surface area contributed by atoms with Crippen LogP contribution in [0, 0.1) is 34.5 Å². The Hall–Kier alpha value is 0. The van der Waals surface area contributed by atoms with Crippen LogP contribution in [0.1, 0.15) is 67.2 Å². The van der Waals surface area contributed by atoms with E-state index in [9.17, 15) is 0 Å². The Kier molecular flexibility index (Phi) is 2.92. The zero-order valence-electron chi connectivity index (χ0n) is 12.1. The maximum absolute atomic E-state index is 2.58. The molecule has 0 heteroatoms. The van der Waals surface area contributed by atoms with E-state index in [0.717, 1.165) is 23.7 Å². The minimum atomic E-state index is 0.668. The zero-order valence-corrected chi connectivity index (χ0v) is 12.1. The molecule has 2 rings (SSSR count). The van der Waals surface area contributed by atoms with Crippen molar-refractivity contribution in [3.63, 3.8) is 0 Å². The van der Waals surface area contributed by atoms with Gasteiger partial charge in [0.05, 0.1) is 0 Å². The van der Waals surface area contributed by atoms with Crippen molar-refractivity contribution in [1.29, 1.82) is 0 Å². The molecule has 0 N–H and O–H groups in total. The van der Waals surface area contributed by atoms with Crippen molar-refractivity contribution in [2.75, 3.05) is 0 Å². The molecule has 2 aliphatic rings. The van der Waals surface area contributed by atoms with Gasteiger partial charge in [-0.3, -0.25) is 0 Å². The van der Waals surface area contributed by atoms with Crippen LogP contribution < -0.4 is 0 Å². The van der Waals surface area contributed by atoms with Gasteiger partial charge in [-0.1, -0.05) is 54.4 Å². The predicted molar refractivity (Wildman–Crippen MR) is 71.3 cm³/mol. The molecule has 2 fully saturated rings. The van der Waals surface area contributed by atoms with E-state index in [4.69, 9.17) is 0 Å². The Balaban J connectivity index is 2.32. The molecule has 0 saturated heterocycles. The molecule has 0 nitrogen and oxygen atoms in total. The highest BCUT2D eigenvalue weighted by atomic mass is 14.7. The van der Waals surface area contributed by atoms with Crippen molar-refractivity contribution >= 4 is 0 Å². The van der Waals surface area contributed by atoms with E-state index in [-0.39, 0.29) is 0 Å². The van der Waals surface area contributed by atoms with Gasteiger partial charge in [-0.05, 0) is 47.3 Å². The van der Waals surface area contributed by atoms with Gasteiger partial charge in [-0.15, -0.1) is 0 Å². The lowest BCUT2D eigenvalue weighted by Crippen LogP contribution is -2.28. The Labute approximate surface area is 102 Å². The van der Waals surface area contributed by atoms with Crippen molar-refractivity contribution in [1.82, 2.24) is 0 Å². The highest BCUT2D eigenvalue weighted by Gasteiger charge is 2.66. The van der Waals surface area contributed by atoms with Crippen LogP contribution in [0.2, 0.25) is 0 Å². The summed E-state index contributed by atoms with van der Waals surface area (Å²) in [7, 11) is 0. The van der Waals surface area contributed by atoms with Crippen LogP contribution in [-0.2, 0) is 0 Å². The summed E-state index contributed by atoms with van der Waals surface area (Å²) in [5, 5.41) is 0. The van der Waals surface area contributed by atoms with Crippen molar-refractivity contribution < 1.29 is 0 Å². The van der Waals surface area contributed by atoms with Crippen LogP contribution in [0.4, 0.5) is 0 Å². The van der Waals surface area contributed by atoms with Gasteiger partial charge in [0, 0.05) is 0 Å². The lowest BCUT2D eigenvalue weighted by Gasteiger charge is -2.35. The topological polar surface area (TPSA) is 0 Å². The van der Waals surface area contributed by atoms with Crippen LogP contribution in [0.15, 0.2) is 0 Å². The summed E-state index contributed by atoms with van der Waals surface area (Å²) in [6.45, 7) is 15.0. The van der Waals surface area contributed by atoms with Gasteiger partial charge >= 0.3 is 0 Å². The molecule has 16 heavy (non-hydrogen) atoms. The van der Waals surface area contributed by atoms with E-state index in [2.05, 4.69) is 41.5 Å².